The molecule has 2 aromatic carbocycles. The summed E-state index contributed by atoms with van der Waals surface area (Å²) in [5.74, 6) is 0.793. The van der Waals surface area contributed by atoms with E-state index in [0.717, 1.165) is 11.1 Å². The molecule has 0 spiro atoms. The van der Waals surface area contributed by atoms with Crippen LogP contribution in [0.3, 0.4) is 0 Å². The van der Waals surface area contributed by atoms with Gasteiger partial charge in [-0.05, 0) is 47.9 Å². The van der Waals surface area contributed by atoms with Gasteiger partial charge in [-0.3, -0.25) is 0 Å². The molecule has 2 N–H and O–H groups in total. The Hall–Kier alpha value is -1.38. The summed E-state index contributed by atoms with van der Waals surface area (Å²) in [5.41, 5.74) is 4.46. The van der Waals surface area contributed by atoms with Crippen LogP contribution >= 0.6 is 0 Å². The Bertz CT molecular complexity index is 646. The molecule has 142 valence electrons. The van der Waals surface area contributed by atoms with E-state index in [1.165, 1.54) is 11.1 Å². The fraction of sp³-hybridized carbons (Fsp3) is 0.435. The van der Waals surface area contributed by atoms with Crippen molar-refractivity contribution in [3.8, 4) is 11.5 Å². The van der Waals surface area contributed by atoms with Crippen LogP contribution in [0.25, 0.3) is 0 Å². The minimum atomic E-state index is 0.0239. The van der Waals surface area contributed by atoms with Crippen LogP contribution in [-0.4, -0.2) is 15.0 Å². The SMILES string of the molecule is Cc1ccc(O)c(C(C)(C)C)c1.Cc1ccc(O)c(C(C)(C)C)c1.[CH2]=[Ti]. The van der Waals surface area contributed by atoms with Crippen LogP contribution in [-0.2, 0) is 30.8 Å². The molecule has 26 heavy (non-hydrogen) atoms. The Balaban J connectivity index is 0.000000439. The predicted octanol–water partition coefficient (Wildman–Crippen LogP) is 5.96. The Morgan fingerprint density at radius 2 is 0.923 bits per heavy atom. The van der Waals surface area contributed by atoms with Crippen LogP contribution in [0.4, 0.5) is 0 Å². The van der Waals surface area contributed by atoms with Gasteiger partial charge < -0.3 is 10.2 Å². The first-order valence-electron chi connectivity index (χ1n) is 8.78. The number of phenolic OH excluding ortho intramolecular Hbond substituents is 2. The number of aryl methyl sites for hydroxylation is 2. The summed E-state index contributed by atoms with van der Waals surface area (Å²) in [5, 5.41) is 19.1. The molecule has 0 aromatic heterocycles. The monoisotopic (exact) mass is 390 g/mol. The first-order chi connectivity index (χ1) is 11.8. The summed E-state index contributed by atoms with van der Waals surface area (Å²) in [6.07, 6.45) is 0. The van der Waals surface area contributed by atoms with E-state index in [1.54, 1.807) is 32.1 Å². The van der Waals surface area contributed by atoms with Gasteiger partial charge in [-0.2, -0.15) is 0 Å². The van der Waals surface area contributed by atoms with E-state index in [2.05, 4.69) is 46.4 Å². The fourth-order valence-corrected chi connectivity index (χ4v) is 2.50. The zero-order valence-electron chi connectivity index (χ0n) is 17.6. The number of benzene rings is 2. The minimum absolute atomic E-state index is 0.0239. The first kappa shape index (κ1) is 24.6. The molecule has 0 aliphatic rings. The maximum absolute atomic E-state index is 9.57. The second kappa shape index (κ2) is 10.1. The molecule has 0 saturated heterocycles. The van der Waals surface area contributed by atoms with Crippen molar-refractivity contribution in [3.63, 3.8) is 0 Å². The molecule has 3 heteroatoms. The molecule has 2 aromatic rings. The molecule has 0 saturated carbocycles. The molecule has 0 aliphatic heterocycles. The number of hydrogen-bond donors (Lipinski definition) is 2. The van der Waals surface area contributed by atoms with E-state index < -0.39 is 0 Å². The van der Waals surface area contributed by atoms with E-state index in [-0.39, 0.29) is 10.8 Å². The summed E-state index contributed by atoms with van der Waals surface area (Å²) in [4.78, 5) is 3.25. The molecule has 0 fully saturated rings. The molecular weight excluding hydrogens is 356 g/mol. The Morgan fingerprint density at radius 1 is 0.654 bits per heavy atom. The topological polar surface area (TPSA) is 40.5 Å². The molecule has 0 atom stereocenters. The van der Waals surface area contributed by atoms with Gasteiger partial charge >= 0.3 is 24.8 Å². The number of hydrogen-bond acceptors (Lipinski definition) is 2. The standard InChI is InChI=1S/2C11H16O.CH2.Ti/c2*1-8-5-6-10(12)9(7-8)11(2,3)4;;/h2*5-7,12H,1-4H3;1H2;. The summed E-state index contributed by atoms with van der Waals surface area (Å²) < 4.78 is 0. The third-order valence-corrected chi connectivity index (χ3v) is 3.92. The van der Waals surface area contributed by atoms with Gasteiger partial charge in [0.25, 0.3) is 0 Å². The molecule has 2 nitrogen and oxygen atoms in total. The second-order valence-corrected chi connectivity index (χ2v) is 8.54. The van der Waals surface area contributed by atoms with E-state index in [9.17, 15) is 10.2 Å². The van der Waals surface area contributed by atoms with Gasteiger partial charge in [0.05, 0.1) is 0 Å². The van der Waals surface area contributed by atoms with Crippen LogP contribution in [0.1, 0.15) is 63.8 Å². The second-order valence-electron chi connectivity index (χ2n) is 8.54. The molecule has 0 heterocycles. The van der Waals surface area contributed by atoms with Crippen LogP contribution in [0.15, 0.2) is 36.4 Å². The van der Waals surface area contributed by atoms with Gasteiger partial charge in [0.1, 0.15) is 11.5 Å². The number of phenols is 2. The maximum atomic E-state index is 9.57. The average molecular weight is 390 g/mol. The van der Waals surface area contributed by atoms with Crippen molar-refractivity contribution in [1.29, 1.82) is 0 Å². The fourth-order valence-electron chi connectivity index (χ4n) is 2.50. The molecule has 2 rings (SSSR count). The van der Waals surface area contributed by atoms with E-state index >= 15 is 0 Å². The third-order valence-electron chi connectivity index (χ3n) is 3.92. The number of rotatable bonds is 0. The average Bonchev–Trinajstić information content (AvgIpc) is 2.52. The summed E-state index contributed by atoms with van der Waals surface area (Å²) in [6.45, 7) is 16.7. The van der Waals surface area contributed by atoms with Crippen LogP contribution < -0.4 is 0 Å². The van der Waals surface area contributed by atoms with E-state index in [1.807, 2.05) is 38.1 Å². The number of aromatic hydroxyl groups is 2. The van der Waals surface area contributed by atoms with Crippen molar-refractivity contribution in [1.82, 2.24) is 0 Å². The molecule has 0 bridgehead atoms. The molecule has 0 radical (unpaired) electrons. The molecule has 0 unspecified atom stereocenters. The van der Waals surface area contributed by atoms with E-state index in [0.29, 0.717) is 11.5 Å². The van der Waals surface area contributed by atoms with Crippen LogP contribution in [0, 0.1) is 13.8 Å². The van der Waals surface area contributed by atoms with Crippen LogP contribution in [0.2, 0.25) is 0 Å². The Labute approximate surface area is 171 Å². The van der Waals surface area contributed by atoms with Gasteiger partial charge in [0, 0.05) is 0 Å². The van der Waals surface area contributed by atoms with Crippen molar-refractivity contribution in [2.45, 2.75) is 66.2 Å². The zero-order valence-corrected chi connectivity index (χ0v) is 19.1. The van der Waals surface area contributed by atoms with Crippen molar-refractivity contribution in [2.24, 2.45) is 0 Å². The van der Waals surface area contributed by atoms with Crippen molar-refractivity contribution in [3.05, 3.63) is 58.7 Å². The predicted molar refractivity (Wildman–Crippen MR) is 110 cm³/mol. The van der Waals surface area contributed by atoms with E-state index in [4.69, 9.17) is 0 Å². The summed E-state index contributed by atoms with van der Waals surface area (Å²) in [6, 6.07) is 11.4. The van der Waals surface area contributed by atoms with Crippen LogP contribution in [0.5, 0.6) is 11.5 Å². The molecular formula is C23H34O2Ti. The van der Waals surface area contributed by atoms with Crippen molar-refractivity contribution >= 4 is 4.82 Å². The van der Waals surface area contributed by atoms with Gasteiger partial charge in [-0.15, -0.1) is 0 Å². The summed E-state index contributed by atoms with van der Waals surface area (Å²) in [7, 11) is 0. The van der Waals surface area contributed by atoms with Crippen molar-refractivity contribution < 1.29 is 30.2 Å². The molecule has 0 amide bonds. The molecule has 0 aliphatic carbocycles. The zero-order chi connectivity index (χ0) is 20.7. The first-order valence-corrected chi connectivity index (χ1v) is 9.88. The third kappa shape index (κ3) is 7.89. The van der Waals surface area contributed by atoms with Crippen molar-refractivity contribution in [2.75, 3.05) is 0 Å². The van der Waals surface area contributed by atoms with Gasteiger partial charge in [-0.25, -0.2) is 0 Å². The van der Waals surface area contributed by atoms with Gasteiger partial charge in [0.2, 0.25) is 0 Å². The van der Waals surface area contributed by atoms with Gasteiger partial charge in [-0.1, -0.05) is 76.9 Å². The Kier molecular flexibility index (Phi) is 9.55. The summed E-state index contributed by atoms with van der Waals surface area (Å²) >= 11 is 1.75. The quantitative estimate of drug-likeness (QED) is 0.545. The normalized spacial score (nSPS) is 10.9. The Morgan fingerprint density at radius 3 is 1.12 bits per heavy atom. The van der Waals surface area contributed by atoms with Gasteiger partial charge in [0.15, 0.2) is 0 Å².